The summed E-state index contributed by atoms with van der Waals surface area (Å²) in [7, 11) is 2.10. The summed E-state index contributed by atoms with van der Waals surface area (Å²) in [6.07, 6.45) is 5.75. The predicted octanol–water partition coefficient (Wildman–Crippen LogP) is 2.27. The van der Waals surface area contributed by atoms with Crippen molar-refractivity contribution in [2.75, 3.05) is 20.1 Å². The second-order valence-electron chi connectivity index (χ2n) is 4.52. The number of hydrogen-bond acceptors (Lipinski definition) is 3. The molecular weight excluding hydrogens is 202 g/mol. The van der Waals surface area contributed by atoms with Crippen molar-refractivity contribution >= 4 is 5.84 Å². The van der Waals surface area contributed by atoms with Gasteiger partial charge < -0.3 is 15.8 Å². The SMILES string of the molecule is CCCCC(CC)CN(C)CCC(N)=NO. The van der Waals surface area contributed by atoms with E-state index in [0.29, 0.717) is 12.3 Å². The van der Waals surface area contributed by atoms with Gasteiger partial charge in [-0.2, -0.15) is 0 Å². The van der Waals surface area contributed by atoms with E-state index < -0.39 is 0 Å². The standard InChI is InChI=1S/C12H27N3O/c1-4-6-7-11(5-2)10-15(3)9-8-12(13)14-16/h11,16H,4-10H2,1-3H3,(H2,13,14). The minimum Gasteiger partial charge on any atom is -0.409 e. The van der Waals surface area contributed by atoms with Crippen LogP contribution in [-0.2, 0) is 0 Å². The van der Waals surface area contributed by atoms with E-state index in [1.165, 1.54) is 25.7 Å². The van der Waals surface area contributed by atoms with Gasteiger partial charge in [0.15, 0.2) is 0 Å². The predicted molar refractivity (Wildman–Crippen MR) is 68.8 cm³/mol. The maximum Gasteiger partial charge on any atom is 0.140 e. The molecule has 16 heavy (non-hydrogen) atoms. The Kier molecular flexibility index (Phi) is 9.00. The maximum atomic E-state index is 8.44. The van der Waals surface area contributed by atoms with E-state index in [1.807, 2.05) is 0 Å². The molecule has 0 rings (SSSR count). The summed E-state index contributed by atoms with van der Waals surface area (Å²) >= 11 is 0. The second kappa shape index (κ2) is 9.46. The van der Waals surface area contributed by atoms with Crippen LogP contribution < -0.4 is 5.73 Å². The van der Waals surface area contributed by atoms with Crippen LogP contribution >= 0.6 is 0 Å². The summed E-state index contributed by atoms with van der Waals surface area (Å²) in [6.45, 7) is 6.44. The van der Waals surface area contributed by atoms with Crippen molar-refractivity contribution in [3.63, 3.8) is 0 Å². The van der Waals surface area contributed by atoms with Crippen LogP contribution in [0.25, 0.3) is 0 Å². The summed E-state index contributed by atoms with van der Waals surface area (Å²) in [5.41, 5.74) is 5.44. The highest BCUT2D eigenvalue weighted by atomic mass is 16.4. The lowest BCUT2D eigenvalue weighted by molar-refractivity contribution is 0.263. The van der Waals surface area contributed by atoms with Crippen molar-refractivity contribution in [1.82, 2.24) is 4.90 Å². The highest BCUT2D eigenvalue weighted by Crippen LogP contribution is 2.13. The van der Waals surface area contributed by atoms with Crippen LogP contribution in [0.3, 0.4) is 0 Å². The Morgan fingerprint density at radius 3 is 2.62 bits per heavy atom. The van der Waals surface area contributed by atoms with Gasteiger partial charge in [-0.15, -0.1) is 0 Å². The Hall–Kier alpha value is -0.770. The minimum absolute atomic E-state index is 0.313. The van der Waals surface area contributed by atoms with Gasteiger partial charge in [0.2, 0.25) is 0 Å². The van der Waals surface area contributed by atoms with Gasteiger partial charge in [-0.25, -0.2) is 0 Å². The zero-order valence-electron chi connectivity index (χ0n) is 10.9. The molecule has 0 saturated heterocycles. The fourth-order valence-electron chi connectivity index (χ4n) is 1.80. The fraction of sp³-hybridized carbons (Fsp3) is 0.917. The zero-order chi connectivity index (χ0) is 12.4. The second-order valence-corrected chi connectivity index (χ2v) is 4.52. The number of hydrogen-bond donors (Lipinski definition) is 2. The minimum atomic E-state index is 0.313. The van der Waals surface area contributed by atoms with Crippen LogP contribution in [0.1, 0.15) is 46.0 Å². The lowest BCUT2D eigenvalue weighted by atomic mass is 9.99. The fourth-order valence-corrected chi connectivity index (χ4v) is 1.80. The summed E-state index contributed by atoms with van der Waals surface area (Å²) in [6, 6.07) is 0. The molecule has 3 N–H and O–H groups in total. The molecule has 0 aromatic rings. The number of rotatable bonds is 9. The highest BCUT2D eigenvalue weighted by Gasteiger charge is 2.09. The van der Waals surface area contributed by atoms with Gasteiger partial charge in [0.05, 0.1) is 0 Å². The topological polar surface area (TPSA) is 61.8 Å². The lowest BCUT2D eigenvalue weighted by Crippen LogP contribution is -2.29. The van der Waals surface area contributed by atoms with Gasteiger partial charge in [-0.05, 0) is 19.4 Å². The van der Waals surface area contributed by atoms with Crippen molar-refractivity contribution in [2.45, 2.75) is 46.0 Å². The molecule has 4 nitrogen and oxygen atoms in total. The van der Waals surface area contributed by atoms with Gasteiger partial charge in [-0.1, -0.05) is 38.3 Å². The molecule has 0 heterocycles. The van der Waals surface area contributed by atoms with Crippen LogP contribution in [-0.4, -0.2) is 36.1 Å². The van der Waals surface area contributed by atoms with Crippen LogP contribution in [0, 0.1) is 5.92 Å². The van der Waals surface area contributed by atoms with Gasteiger partial charge in [0.1, 0.15) is 5.84 Å². The first-order valence-electron chi connectivity index (χ1n) is 6.28. The summed E-state index contributed by atoms with van der Waals surface area (Å²) in [5, 5.41) is 11.4. The van der Waals surface area contributed by atoms with E-state index in [4.69, 9.17) is 10.9 Å². The van der Waals surface area contributed by atoms with Gasteiger partial charge in [-0.3, -0.25) is 0 Å². The number of oxime groups is 1. The molecule has 0 fully saturated rings. The van der Waals surface area contributed by atoms with E-state index in [-0.39, 0.29) is 0 Å². The smallest absolute Gasteiger partial charge is 0.140 e. The number of unbranched alkanes of at least 4 members (excludes halogenated alkanes) is 1. The van der Waals surface area contributed by atoms with Crippen molar-refractivity contribution < 1.29 is 5.21 Å². The van der Waals surface area contributed by atoms with Crippen LogP contribution in [0.5, 0.6) is 0 Å². The molecule has 1 atom stereocenters. The monoisotopic (exact) mass is 229 g/mol. The zero-order valence-corrected chi connectivity index (χ0v) is 10.9. The van der Waals surface area contributed by atoms with Crippen molar-refractivity contribution in [2.24, 2.45) is 16.8 Å². The maximum absolute atomic E-state index is 8.44. The molecule has 0 aromatic carbocycles. The molecule has 0 spiro atoms. The highest BCUT2D eigenvalue weighted by molar-refractivity contribution is 5.79. The largest absolute Gasteiger partial charge is 0.409 e. The Morgan fingerprint density at radius 2 is 2.12 bits per heavy atom. The average Bonchev–Trinajstić information content (AvgIpc) is 2.31. The Labute approximate surface area is 99.5 Å². The van der Waals surface area contributed by atoms with Crippen LogP contribution in [0.2, 0.25) is 0 Å². The lowest BCUT2D eigenvalue weighted by Gasteiger charge is -2.22. The molecular formula is C12H27N3O. The van der Waals surface area contributed by atoms with Crippen molar-refractivity contribution in [3.8, 4) is 0 Å². The van der Waals surface area contributed by atoms with Crippen molar-refractivity contribution in [1.29, 1.82) is 0 Å². The third-order valence-electron chi connectivity index (χ3n) is 2.99. The Morgan fingerprint density at radius 1 is 1.44 bits per heavy atom. The third kappa shape index (κ3) is 7.51. The molecule has 4 heteroatoms. The molecule has 0 amide bonds. The third-order valence-corrected chi connectivity index (χ3v) is 2.99. The van der Waals surface area contributed by atoms with E-state index >= 15 is 0 Å². The quantitative estimate of drug-likeness (QED) is 0.276. The molecule has 0 saturated carbocycles. The molecule has 1 unspecified atom stereocenters. The normalized spacial score (nSPS) is 14.4. The summed E-state index contributed by atoms with van der Waals surface area (Å²) < 4.78 is 0. The Balaban J connectivity index is 3.77. The van der Waals surface area contributed by atoms with Crippen LogP contribution in [0.4, 0.5) is 0 Å². The molecule has 0 aromatic heterocycles. The van der Waals surface area contributed by atoms with E-state index in [9.17, 15) is 0 Å². The molecule has 0 aliphatic rings. The van der Waals surface area contributed by atoms with E-state index in [2.05, 4.69) is 31.0 Å². The first kappa shape index (κ1) is 15.2. The molecule has 0 radical (unpaired) electrons. The summed E-state index contributed by atoms with van der Waals surface area (Å²) in [4.78, 5) is 2.27. The molecule has 0 aliphatic carbocycles. The number of nitrogens with zero attached hydrogens (tertiary/aromatic N) is 2. The average molecular weight is 229 g/mol. The van der Waals surface area contributed by atoms with Crippen molar-refractivity contribution in [3.05, 3.63) is 0 Å². The van der Waals surface area contributed by atoms with Gasteiger partial charge in [0, 0.05) is 19.5 Å². The molecule has 0 bridgehead atoms. The first-order valence-corrected chi connectivity index (χ1v) is 6.28. The molecule has 0 aliphatic heterocycles. The number of nitrogens with two attached hydrogens (primary N) is 1. The molecule has 96 valence electrons. The van der Waals surface area contributed by atoms with E-state index in [1.54, 1.807) is 0 Å². The first-order chi connectivity index (χ1) is 7.63. The van der Waals surface area contributed by atoms with Gasteiger partial charge >= 0.3 is 0 Å². The number of amidine groups is 1. The Bertz CT molecular complexity index is 195. The van der Waals surface area contributed by atoms with Crippen LogP contribution in [0.15, 0.2) is 5.16 Å². The van der Waals surface area contributed by atoms with Gasteiger partial charge in [0.25, 0.3) is 0 Å². The summed E-state index contributed by atoms with van der Waals surface area (Å²) in [5.74, 6) is 1.09. The van der Waals surface area contributed by atoms with E-state index in [0.717, 1.165) is 19.0 Å².